The molecule has 3 heterocycles. The van der Waals surface area contributed by atoms with Gasteiger partial charge in [0.2, 0.25) is 20.9 Å². The van der Waals surface area contributed by atoms with Crippen LogP contribution in [0.5, 0.6) is 0 Å². The number of rotatable bonds is 6. The second kappa shape index (κ2) is 8.72. The zero-order chi connectivity index (χ0) is 22.2. The van der Waals surface area contributed by atoms with Crippen LogP contribution in [0.25, 0.3) is 0 Å². The Bertz CT molecular complexity index is 863. The van der Waals surface area contributed by atoms with Gasteiger partial charge in [-0.05, 0) is 52.9 Å². The molecule has 1 atom stereocenters. The van der Waals surface area contributed by atoms with E-state index in [9.17, 15) is 13.2 Å². The summed E-state index contributed by atoms with van der Waals surface area (Å²) in [6, 6.07) is 0. The minimum absolute atomic E-state index is 0.0476. The Morgan fingerprint density at radius 1 is 1.23 bits per heavy atom. The molecular weight excluding hydrogens is 429 g/mol. The molecule has 30 heavy (non-hydrogen) atoms. The van der Waals surface area contributed by atoms with Crippen molar-refractivity contribution in [3.05, 3.63) is 12.4 Å². The van der Waals surface area contributed by atoms with Gasteiger partial charge in [0.1, 0.15) is 5.88 Å². The maximum Gasteiger partial charge on any atom is 0.498 e. The van der Waals surface area contributed by atoms with Gasteiger partial charge in [0, 0.05) is 30.9 Å². The Morgan fingerprint density at radius 2 is 1.83 bits per heavy atom. The minimum atomic E-state index is -3.62. The van der Waals surface area contributed by atoms with Gasteiger partial charge in [0.15, 0.2) is 0 Å². The van der Waals surface area contributed by atoms with Crippen molar-refractivity contribution in [2.45, 2.75) is 63.3 Å². The number of nitrogens with zero attached hydrogens (tertiary/aromatic N) is 3. The van der Waals surface area contributed by atoms with Crippen LogP contribution in [0.4, 0.5) is 0 Å². The fraction of sp³-hybridized carbons (Fsp3) is 0.737. The van der Waals surface area contributed by atoms with E-state index in [0.29, 0.717) is 25.0 Å². The molecule has 3 rings (SSSR count). The highest BCUT2D eigenvalue weighted by molar-refractivity contribution is 7.91. The van der Waals surface area contributed by atoms with Crippen molar-refractivity contribution >= 4 is 39.9 Å². The molecule has 1 aromatic heterocycles. The van der Waals surface area contributed by atoms with Crippen molar-refractivity contribution < 1.29 is 22.5 Å². The lowest BCUT2D eigenvalue weighted by Gasteiger charge is -2.32. The maximum absolute atomic E-state index is 12.7. The quantitative estimate of drug-likeness (QED) is 0.362. The topological polar surface area (TPSA) is 98.7 Å². The number of aromatic nitrogens is 2. The normalized spacial score (nSPS) is 23.6. The molecular formula is C19H29BClN3O5S. The molecule has 2 saturated heterocycles. The van der Waals surface area contributed by atoms with Crippen LogP contribution in [0.3, 0.4) is 0 Å². The highest BCUT2D eigenvalue weighted by atomic mass is 35.5. The summed E-state index contributed by atoms with van der Waals surface area (Å²) in [5, 5.41) is -0.202. The standard InChI is InChI=1S/C19H29BClN3O5S/c1-18(2)19(3,4)29-20(28-18)15-11-22-17(23-12-15)30(26,27)9-7-14-6-5-8-24(13-14)16(25)10-21/h11-12,14H,5-10,13H2,1-4H3. The van der Waals surface area contributed by atoms with Crippen molar-refractivity contribution in [2.24, 2.45) is 5.92 Å². The smallest absolute Gasteiger partial charge is 0.399 e. The van der Waals surface area contributed by atoms with Gasteiger partial charge in [0.25, 0.3) is 0 Å². The van der Waals surface area contributed by atoms with Crippen LogP contribution in [0.1, 0.15) is 47.0 Å². The summed E-state index contributed by atoms with van der Waals surface area (Å²) in [5.41, 5.74) is -0.419. The summed E-state index contributed by atoms with van der Waals surface area (Å²) in [7, 11) is -4.26. The maximum atomic E-state index is 12.7. The van der Waals surface area contributed by atoms with E-state index in [1.165, 1.54) is 12.4 Å². The van der Waals surface area contributed by atoms with E-state index in [1.54, 1.807) is 4.90 Å². The molecule has 2 aliphatic rings. The van der Waals surface area contributed by atoms with E-state index >= 15 is 0 Å². The Hall–Kier alpha value is -1.23. The predicted molar refractivity (Wildman–Crippen MR) is 114 cm³/mol. The number of carbonyl (C=O) groups excluding carboxylic acids is 1. The predicted octanol–water partition coefficient (Wildman–Crippen LogP) is 1.42. The van der Waals surface area contributed by atoms with Crippen LogP contribution < -0.4 is 5.46 Å². The summed E-state index contributed by atoms with van der Waals surface area (Å²) in [6.45, 7) is 9.00. The number of alkyl halides is 1. The van der Waals surface area contributed by atoms with Crippen molar-refractivity contribution in [3.8, 4) is 0 Å². The summed E-state index contributed by atoms with van der Waals surface area (Å²) >= 11 is 5.63. The lowest BCUT2D eigenvalue weighted by atomic mass is 9.81. The van der Waals surface area contributed by atoms with Crippen LogP contribution in [-0.2, 0) is 23.9 Å². The van der Waals surface area contributed by atoms with Gasteiger partial charge in [-0.3, -0.25) is 4.79 Å². The fourth-order valence-electron chi connectivity index (χ4n) is 3.61. The van der Waals surface area contributed by atoms with Crippen molar-refractivity contribution in [1.82, 2.24) is 14.9 Å². The number of hydrogen-bond donors (Lipinski definition) is 0. The summed E-state index contributed by atoms with van der Waals surface area (Å²) < 4.78 is 37.3. The molecule has 0 N–H and O–H groups in total. The molecule has 0 radical (unpaired) electrons. The second-order valence-corrected chi connectivity index (χ2v) is 11.2. The third-order valence-electron chi connectivity index (χ3n) is 6.23. The van der Waals surface area contributed by atoms with Gasteiger partial charge in [-0.1, -0.05) is 0 Å². The van der Waals surface area contributed by atoms with E-state index in [1.807, 2.05) is 27.7 Å². The zero-order valence-electron chi connectivity index (χ0n) is 17.9. The molecule has 1 aromatic rings. The lowest BCUT2D eigenvalue weighted by molar-refractivity contribution is -0.130. The number of hydrogen-bond acceptors (Lipinski definition) is 7. The number of halogens is 1. The molecule has 1 amide bonds. The van der Waals surface area contributed by atoms with Gasteiger partial charge in [-0.15, -0.1) is 11.6 Å². The van der Waals surface area contributed by atoms with Crippen LogP contribution in [0, 0.1) is 5.92 Å². The SMILES string of the molecule is CC1(C)OB(c2cnc(S(=O)(=O)CCC3CCCN(C(=O)CCl)C3)nc2)OC1(C)C. The first-order valence-electron chi connectivity index (χ1n) is 10.2. The number of amides is 1. The molecule has 0 aromatic carbocycles. The average Bonchev–Trinajstić information content (AvgIpc) is 2.93. The van der Waals surface area contributed by atoms with Gasteiger partial charge in [0.05, 0.1) is 17.0 Å². The molecule has 2 fully saturated rings. The first-order chi connectivity index (χ1) is 13.9. The fourth-order valence-corrected chi connectivity index (χ4v) is 5.03. The highest BCUT2D eigenvalue weighted by Crippen LogP contribution is 2.36. The van der Waals surface area contributed by atoms with E-state index in [0.717, 1.165) is 12.8 Å². The average molecular weight is 458 g/mol. The Kier molecular flexibility index (Phi) is 6.82. The Morgan fingerprint density at radius 3 is 2.40 bits per heavy atom. The summed E-state index contributed by atoms with van der Waals surface area (Å²) in [4.78, 5) is 21.6. The molecule has 0 saturated carbocycles. The molecule has 2 aliphatic heterocycles. The van der Waals surface area contributed by atoms with Crippen molar-refractivity contribution in [3.63, 3.8) is 0 Å². The molecule has 11 heteroatoms. The largest absolute Gasteiger partial charge is 0.498 e. The van der Waals surface area contributed by atoms with Gasteiger partial charge in [-0.2, -0.15) is 0 Å². The van der Waals surface area contributed by atoms with E-state index in [-0.39, 0.29) is 28.6 Å². The molecule has 166 valence electrons. The van der Waals surface area contributed by atoms with E-state index < -0.39 is 28.2 Å². The Labute approximate surface area is 183 Å². The molecule has 0 aliphatic carbocycles. The van der Waals surface area contributed by atoms with Gasteiger partial charge in [-0.25, -0.2) is 18.4 Å². The van der Waals surface area contributed by atoms with Gasteiger partial charge >= 0.3 is 7.12 Å². The highest BCUT2D eigenvalue weighted by Gasteiger charge is 2.52. The van der Waals surface area contributed by atoms with Crippen LogP contribution in [0.2, 0.25) is 0 Å². The minimum Gasteiger partial charge on any atom is -0.399 e. The number of carbonyl (C=O) groups is 1. The third-order valence-corrected chi connectivity index (χ3v) is 8.00. The summed E-state index contributed by atoms with van der Waals surface area (Å²) in [5.74, 6) is -0.0831. The molecule has 1 unspecified atom stereocenters. The zero-order valence-corrected chi connectivity index (χ0v) is 19.5. The van der Waals surface area contributed by atoms with E-state index in [2.05, 4.69) is 9.97 Å². The molecule has 0 bridgehead atoms. The van der Waals surface area contributed by atoms with Crippen LogP contribution in [0.15, 0.2) is 17.6 Å². The molecule has 8 nitrogen and oxygen atoms in total. The monoisotopic (exact) mass is 457 g/mol. The van der Waals surface area contributed by atoms with Gasteiger partial charge < -0.3 is 14.2 Å². The number of sulfone groups is 1. The lowest BCUT2D eigenvalue weighted by Crippen LogP contribution is -2.41. The van der Waals surface area contributed by atoms with E-state index in [4.69, 9.17) is 20.9 Å². The third kappa shape index (κ3) is 4.98. The Balaban J connectivity index is 1.61. The number of likely N-dealkylation sites (tertiary alicyclic amines) is 1. The first kappa shape index (κ1) is 23.4. The van der Waals surface area contributed by atoms with Crippen molar-refractivity contribution in [2.75, 3.05) is 24.7 Å². The van der Waals surface area contributed by atoms with Crippen LogP contribution in [-0.4, -0.2) is 72.2 Å². The first-order valence-corrected chi connectivity index (χ1v) is 12.4. The summed E-state index contributed by atoms with van der Waals surface area (Å²) in [6.07, 6.45) is 5.10. The van der Waals surface area contributed by atoms with Crippen molar-refractivity contribution in [1.29, 1.82) is 0 Å². The second-order valence-electron chi connectivity index (χ2n) is 8.98. The number of piperidine rings is 1. The van der Waals surface area contributed by atoms with Crippen LogP contribution >= 0.6 is 11.6 Å². The molecule has 0 spiro atoms.